The molecule has 1 aliphatic rings. The van der Waals surface area contributed by atoms with Crippen LogP contribution in [0.3, 0.4) is 0 Å². The molecule has 8 heavy (non-hydrogen) atoms. The van der Waals surface area contributed by atoms with Gasteiger partial charge in [-0.05, 0) is 12.8 Å². The van der Waals surface area contributed by atoms with Gasteiger partial charge in [0.25, 0.3) is 0 Å². The first-order valence-corrected chi connectivity index (χ1v) is 3.82. The van der Waals surface area contributed by atoms with Gasteiger partial charge in [-0.3, -0.25) is 0 Å². The van der Waals surface area contributed by atoms with E-state index < -0.39 is 0 Å². The van der Waals surface area contributed by atoms with Gasteiger partial charge in [-0.1, -0.05) is 0 Å². The van der Waals surface area contributed by atoms with Crippen LogP contribution in [-0.2, 0) is 0 Å². The second-order valence-corrected chi connectivity index (χ2v) is 3.40. The van der Waals surface area contributed by atoms with Crippen LogP contribution in [-0.4, -0.2) is 11.3 Å². The summed E-state index contributed by atoms with van der Waals surface area (Å²) in [5.74, 6) is 0. The van der Waals surface area contributed by atoms with E-state index in [0.29, 0.717) is 5.25 Å². The zero-order chi connectivity index (χ0) is 5.98. The summed E-state index contributed by atoms with van der Waals surface area (Å²) in [6.07, 6.45) is 5.12. The Morgan fingerprint density at radius 1 is 1.12 bits per heavy atom. The van der Waals surface area contributed by atoms with Gasteiger partial charge >= 0.3 is 0 Å². The normalized spacial score (nSPS) is 39.8. The average molecular weight is 132 g/mol. The molecule has 0 saturated heterocycles. The average Bonchev–Trinajstić information content (AvgIpc) is 1.77. The molecule has 0 radical (unpaired) electrons. The molecule has 3 N–H and O–H groups in total. The fourth-order valence-corrected chi connectivity index (χ4v) is 1.44. The van der Waals surface area contributed by atoms with Crippen LogP contribution in [0.2, 0.25) is 0 Å². The third-order valence-electron chi connectivity index (χ3n) is 1.82. The number of hydrogen-bond donors (Lipinski definition) is 2. The van der Waals surface area contributed by atoms with E-state index in [4.69, 9.17) is 0 Å². The van der Waals surface area contributed by atoms with Gasteiger partial charge in [0.2, 0.25) is 0 Å². The molecular formula is C6H14NS+. The lowest BCUT2D eigenvalue weighted by Gasteiger charge is -2.19. The van der Waals surface area contributed by atoms with Crippen molar-refractivity contribution in [2.75, 3.05) is 0 Å². The minimum atomic E-state index is 0.674. The van der Waals surface area contributed by atoms with E-state index in [-0.39, 0.29) is 0 Å². The van der Waals surface area contributed by atoms with E-state index in [1.807, 2.05) is 0 Å². The number of rotatable bonds is 0. The Balaban J connectivity index is 2.19. The maximum atomic E-state index is 4.37. The first kappa shape index (κ1) is 6.43. The van der Waals surface area contributed by atoms with Gasteiger partial charge in [0.1, 0.15) is 0 Å². The third kappa shape index (κ3) is 1.67. The largest absolute Gasteiger partial charge is 0.355 e. The standard InChI is InChI=1S/C6H13NS/c7-5-1-3-6(8)4-2-5/h5-6,8H,1-4,7H2/p+1. The third-order valence-corrected chi connectivity index (χ3v) is 2.33. The van der Waals surface area contributed by atoms with E-state index in [2.05, 4.69) is 18.4 Å². The van der Waals surface area contributed by atoms with Crippen LogP contribution in [0.4, 0.5) is 0 Å². The molecule has 1 nitrogen and oxygen atoms in total. The summed E-state index contributed by atoms with van der Waals surface area (Å²) in [5, 5.41) is 0.674. The highest BCUT2D eigenvalue weighted by atomic mass is 32.1. The van der Waals surface area contributed by atoms with Gasteiger partial charge in [0, 0.05) is 18.1 Å². The minimum absolute atomic E-state index is 0.674. The lowest BCUT2D eigenvalue weighted by molar-refractivity contribution is -0.425. The minimum Gasteiger partial charge on any atom is -0.355 e. The fraction of sp³-hybridized carbons (Fsp3) is 1.00. The van der Waals surface area contributed by atoms with E-state index in [1.54, 1.807) is 0 Å². The van der Waals surface area contributed by atoms with E-state index >= 15 is 0 Å². The Morgan fingerprint density at radius 3 is 2.00 bits per heavy atom. The van der Waals surface area contributed by atoms with E-state index in [0.717, 1.165) is 6.04 Å². The lowest BCUT2D eigenvalue weighted by Crippen LogP contribution is -2.61. The molecule has 0 aliphatic heterocycles. The fourth-order valence-electron chi connectivity index (χ4n) is 1.14. The Hall–Kier alpha value is 0.310. The molecule has 0 bridgehead atoms. The summed E-state index contributed by atoms with van der Waals surface area (Å²) in [4.78, 5) is 0. The zero-order valence-corrected chi connectivity index (χ0v) is 6.03. The number of hydrogen-bond acceptors (Lipinski definition) is 1. The van der Waals surface area contributed by atoms with Crippen LogP contribution >= 0.6 is 12.6 Å². The highest BCUT2D eigenvalue weighted by molar-refractivity contribution is 7.80. The predicted molar refractivity (Wildman–Crippen MR) is 37.9 cm³/mol. The molecule has 0 unspecified atom stereocenters. The molecular weight excluding hydrogens is 118 g/mol. The molecule has 1 fully saturated rings. The van der Waals surface area contributed by atoms with Crippen LogP contribution in [0.1, 0.15) is 25.7 Å². The molecule has 0 aromatic carbocycles. The Kier molecular flexibility index (Phi) is 2.20. The molecule has 0 aromatic rings. The van der Waals surface area contributed by atoms with Crippen molar-refractivity contribution in [2.24, 2.45) is 0 Å². The van der Waals surface area contributed by atoms with Gasteiger partial charge in [-0.2, -0.15) is 12.6 Å². The quantitative estimate of drug-likeness (QED) is 0.448. The smallest absolute Gasteiger partial charge is 0.0844 e. The molecule has 48 valence electrons. The first-order chi connectivity index (χ1) is 3.79. The van der Waals surface area contributed by atoms with Crippen molar-refractivity contribution in [3.63, 3.8) is 0 Å². The van der Waals surface area contributed by atoms with E-state index in [9.17, 15) is 0 Å². The highest BCUT2D eigenvalue weighted by Crippen LogP contribution is 2.19. The monoisotopic (exact) mass is 132 g/mol. The molecule has 0 spiro atoms. The Labute approximate surface area is 56.1 Å². The molecule has 1 rings (SSSR count). The molecule has 0 atom stereocenters. The van der Waals surface area contributed by atoms with Crippen LogP contribution in [0.5, 0.6) is 0 Å². The van der Waals surface area contributed by atoms with Gasteiger partial charge in [0.15, 0.2) is 0 Å². The molecule has 0 aromatic heterocycles. The predicted octanol–water partition coefficient (Wildman–Crippen LogP) is 0.469. The summed E-state index contributed by atoms with van der Waals surface area (Å²) in [7, 11) is 0. The highest BCUT2D eigenvalue weighted by Gasteiger charge is 2.16. The van der Waals surface area contributed by atoms with Crippen molar-refractivity contribution in [2.45, 2.75) is 37.0 Å². The van der Waals surface area contributed by atoms with Crippen molar-refractivity contribution in [1.82, 2.24) is 0 Å². The summed E-state index contributed by atoms with van der Waals surface area (Å²) in [6, 6.07) is 0.721. The topological polar surface area (TPSA) is 27.6 Å². The van der Waals surface area contributed by atoms with Crippen LogP contribution in [0.15, 0.2) is 0 Å². The van der Waals surface area contributed by atoms with Crippen LogP contribution in [0, 0.1) is 0 Å². The maximum absolute atomic E-state index is 4.37. The molecule has 0 heterocycles. The van der Waals surface area contributed by atoms with Crippen molar-refractivity contribution in [3.05, 3.63) is 0 Å². The molecule has 1 aliphatic carbocycles. The van der Waals surface area contributed by atoms with Crippen molar-refractivity contribution < 1.29 is 5.73 Å². The van der Waals surface area contributed by atoms with Gasteiger partial charge in [0.05, 0.1) is 6.04 Å². The second-order valence-electron chi connectivity index (χ2n) is 2.67. The maximum Gasteiger partial charge on any atom is 0.0844 e. The first-order valence-electron chi connectivity index (χ1n) is 3.30. The van der Waals surface area contributed by atoms with Crippen molar-refractivity contribution in [3.8, 4) is 0 Å². The summed E-state index contributed by atoms with van der Waals surface area (Å²) >= 11 is 4.37. The molecule has 0 amide bonds. The molecule has 2 heteroatoms. The second kappa shape index (κ2) is 2.74. The van der Waals surface area contributed by atoms with Gasteiger partial charge in [-0.15, -0.1) is 0 Å². The number of thiol groups is 1. The lowest BCUT2D eigenvalue weighted by atomic mass is 9.96. The molecule has 1 saturated carbocycles. The van der Waals surface area contributed by atoms with Crippen molar-refractivity contribution in [1.29, 1.82) is 0 Å². The summed E-state index contributed by atoms with van der Waals surface area (Å²) in [5.41, 5.74) is 4.00. The van der Waals surface area contributed by atoms with Crippen LogP contribution in [0.25, 0.3) is 0 Å². The summed E-state index contributed by atoms with van der Waals surface area (Å²) < 4.78 is 0. The Bertz CT molecular complexity index is 56.9. The van der Waals surface area contributed by atoms with Crippen molar-refractivity contribution >= 4 is 12.6 Å². The Morgan fingerprint density at radius 2 is 1.62 bits per heavy atom. The SMILES string of the molecule is [NH3+]C1CCC(S)CC1. The van der Waals surface area contributed by atoms with Gasteiger partial charge < -0.3 is 5.73 Å². The van der Waals surface area contributed by atoms with Crippen LogP contribution < -0.4 is 5.73 Å². The zero-order valence-electron chi connectivity index (χ0n) is 5.14. The van der Waals surface area contributed by atoms with E-state index in [1.165, 1.54) is 25.7 Å². The summed E-state index contributed by atoms with van der Waals surface area (Å²) in [6.45, 7) is 0. The number of quaternary nitrogens is 1. The van der Waals surface area contributed by atoms with Gasteiger partial charge in [-0.25, -0.2) is 0 Å².